The van der Waals surface area contributed by atoms with E-state index in [9.17, 15) is 4.79 Å². The first-order valence-electron chi connectivity index (χ1n) is 8.69. The van der Waals surface area contributed by atoms with Gasteiger partial charge in [-0.25, -0.2) is 0 Å². The maximum atomic E-state index is 12.5. The van der Waals surface area contributed by atoms with E-state index >= 15 is 0 Å². The molecule has 25 heavy (non-hydrogen) atoms. The van der Waals surface area contributed by atoms with Crippen LogP contribution < -0.4 is 5.32 Å². The molecule has 1 aromatic heterocycles. The van der Waals surface area contributed by atoms with Crippen LogP contribution in [0.2, 0.25) is 0 Å². The molecule has 2 N–H and O–H groups in total. The lowest BCUT2D eigenvalue weighted by Gasteiger charge is -2.32. The third-order valence-electron chi connectivity index (χ3n) is 4.39. The highest BCUT2D eigenvalue weighted by Crippen LogP contribution is 2.16. The van der Waals surface area contributed by atoms with Crippen molar-refractivity contribution in [2.45, 2.75) is 25.0 Å². The zero-order valence-corrected chi connectivity index (χ0v) is 14.8. The van der Waals surface area contributed by atoms with Crippen LogP contribution in [0, 0.1) is 0 Å². The number of hydrogen-bond donors (Lipinski definition) is 2. The predicted octanol–water partition coefficient (Wildman–Crippen LogP) is 0.957. The molecule has 1 saturated heterocycles. The summed E-state index contributed by atoms with van der Waals surface area (Å²) in [5.74, 6) is -0.0499. The molecule has 2 atom stereocenters. The van der Waals surface area contributed by atoms with Gasteiger partial charge in [0, 0.05) is 18.5 Å². The molecule has 3 rings (SSSR count). The van der Waals surface area contributed by atoms with E-state index in [1.807, 2.05) is 38.4 Å². The molecule has 7 heteroatoms. The molecule has 0 unspecified atom stereocenters. The van der Waals surface area contributed by atoms with Crippen molar-refractivity contribution in [3.8, 4) is 0 Å². The van der Waals surface area contributed by atoms with Crippen LogP contribution in [-0.2, 0) is 20.7 Å². The summed E-state index contributed by atoms with van der Waals surface area (Å²) in [6.07, 6.45) is 1.06. The van der Waals surface area contributed by atoms with Gasteiger partial charge >= 0.3 is 0 Å². The van der Waals surface area contributed by atoms with Crippen LogP contribution in [0.5, 0.6) is 0 Å². The van der Waals surface area contributed by atoms with Gasteiger partial charge in [-0.3, -0.25) is 9.89 Å². The fourth-order valence-electron chi connectivity index (χ4n) is 3.01. The number of nitrogens with zero attached hydrogens (tertiary/aromatic N) is 2. The van der Waals surface area contributed by atoms with Crippen LogP contribution in [0.15, 0.2) is 24.3 Å². The number of rotatable bonds is 7. The van der Waals surface area contributed by atoms with Crippen LogP contribution >= 0.6 is 0 Å². The van der Waals surface area contributed by atoms with Crippen molar-refractivity contribution in [3.05, 3.63) is 30.0 Å². The molecule has 2 heterocycles. The Labute approximate surface area is 147 Å². The molecule has 0 saturated carbocycles. The molecule has 2 aromatic rings. The third-order valence-corrected chi connectivity index (χ3v) is 4.39. The van der Waals surface area contributed by atoms with Gasteiger partial charge in [-0.1, -0.05) is 18.2 Å². The van der Waals surface area contributed by atoms with E-state index in [1.54, 1.807) is 0 Å². The number of para-hydroxylation sites is 1. The van der Waals surface area contributed by atoms with Gasteiger partial charge in [-0.15, -0.1) is 0 Å². The fourth-order valence-corrected chi connectivity index (χ4v) is 3.01. The summed E-state index contributed by atoms with van der Waals surface area (Å²) in [4.78, 5) is 14.6. The summed E-state index contributed by atoms with van der Waals surface area (Å²) in [7, 11) is 4.03. The fraction of sp³-hybridized carbons (Fsp3) is 0.556. The lowest BCUT2D eigenvalue weighted by Crippen LogP contribution is -2.51. The minimum atomic E-state index is -0.113. The van der Waals surface area contributed by atoms with E-state index in [0.29, 0.717) is 19.8 Å². The Morgan fingerprint density at radius 1 is 1.44 bits per heavy atom. The van der Waals surface area contributed by atoms with Crippen molar-refractivity contribution in [2.75, 3.05) is 40.5 Å². The monoisotopic (exact) mass is 346 g/mol. The first-order chi connectivity index (χ1) is 12.1. The van der Waals surface area contributed by atoms with Gasteiger partial charge in [-0.05, 0) is 26.6 Å². The number of H-pyrrole nitrogens is 1. The molecular weight excluding hydrogens is 320 g/mol. The lowest BCUT2D eigenvalue weighted by atomic mass is 10.1. The molecule has 1 aromatic carbocycles. The standard InChI is InChI=1S/C18H26N4O3/c1-22(2)8-10-25-17-7-9-24-12-16(17)19-18(23)11-15-13-5-3-4-6-14(13)20-21-15/h3-6,16-17H,7-12H2,1-2H3,(H,19,23)(H,20,21)/t16-,17+/m1/s1. The van der Waals surface area contributed by atoms with Crippen molar-refractivity contribution in [1.82, 2.24) is 20.4 Å². The van der Waals surface area contributed by atoms with Crippen LogP contribution in [0.1, 0.15) is 12.1 Å². The number of ether oxygens (including phenoxy) is 2. The zero-order chi connectivity index (χ0) is 17.6. The highest BCUT2D eigenvalue weighted by molar-refractivity contribution is 5.87. The quantitative estimate of drug-likeness (QED) is 0.781. The van der Waals surface area contributed by atoms with Crippen molar-refractivity contribution >= 4 is 16.8 Å². The second kappa shape index (κ2) is 8.42. The van der Waals surface area contributed by atoms with Gasteiger partial charge in [0.1, 0.15) is 0 Å². The zero-order valence-electron chi connectivity index (χ0n) is 14.8. The number of fused-ring (bicyclic) bond motifs is 1. The Bertz CT molecular complexity index is 700. The molecule has 0 bridgehead atoms. The predicted molar refractivity (Wildman–Crippen MR) is 95.5 cm³/mol. The Kier molecular flexibility index (Phi) is 6.01. The Morgan fingerprint density at radius 3 is 3.12 bits per heavy atom. The van der Waals surface area contributed by atoms with Crippen LogP contribution in [-0.4, -0.2) is 73.6 Å². The van der Waals surface area contributed by atoms with E-state index < -0.39 is 0 Å². The summed E-state index contributed by atoms with van der Waals surface area (Å²) >= 11 is 0. The molecule has 0 radical (unpaired) electrons. The van der Waals surface area contributed by atoms with Gasteiger partial charge in [0.25, 0.3) is 0 Å². The molecule has 1 fully saturated rings. The second-order valence-corrected chi connectivity index (χ2v) is 6.65. The normalized spacial score (nSPS) is 20.9. The maximum Gasteiger partial charge on any atom is 0.226 e. The summed E-state index contributed by atoms with van der Waals surface area (Å²) < 4.78 is 11.5. The number of benzene rings is 1. The number of carbonyl (C=O) groups excluding carboxylic acids is 1. The highest BCUT2D eigenvalue weighted by Gasteiger charge is 2.28. The molecule has 136 valence electrons. The van der Waals surface area contributed by atoms with Crippen molar-refractivity contribution in [2.24, 2.45) is 0 Å². The number of carbonyl (C=O) groups is 1. The SMILES string of the molecule is CN(C)CCO[C@H]1CCOC[C@H]1NC(=O)Cc1[nH]nc2ccccc12. The number of hydrogen-bond acceptors (Lipinski definition) is 5. The average molecular weight is 346 g/mol. The number of likely N-dealkylation sites (N-methyl/N-ethyl adjacent to an activating group) is 1. The first kappa shape index (κ1) is 17.8. The van der Waals surface area contributed by atoms with Crippen LogP contribution in [0.4, 0.5) is 0 Å². The Morgan fingerprint density at radius 2 is 2.28 bits per heavy atom. The van der Waals surface area contributed by atoms with E-state index in [0.717, 1.165) is 29.6 Å². The highest BCUT2D eigenvalue weighted by atomic mass is 16.5. The van der Waals surface area contributed by atoms with E-state index in [-0.39, 0.29) is 24.5 Å². The third kappa shape index (κ3) is 4.78. The maximum absolute atomic E-state index is 12.5. The second-order valence-electron chi connectivity index (χ2n) is 6.65. The van der Waals surface area contributed by atoms with Gasteiger partial charge in [0.2, 0.25) is 5.91 Å². The van der Waals surface area contributed by atoms with Crippen molar-refractivity contribution in [3.63, 3.8) is 0 Å². The minimum absolute atomic E-state index is 0.00355. The van der Waals surface area contributed by atoms with E-state index in [2.05, 4.69) is 20.4 Å². The summed E-state index contributed by atoms with van der Waals surface area (Å²) in [6.45, 7) is 2.67. The molecule has 7 nitrogen and oxygen atoms in total. The minimum Gasteiger partial charge on any atom is -0.379 e. The van der Waals surface area contributed by atoms with Crippen molar-refractivity contribution < 1.29 is 14.3 Å². The van der Waals surface area contributed by atoms with Gasteiger partial charge in [0.15, 0.2) is 0 Å². The first-order valence-corrected chi connectivity index (χ1v) is 8.69. The smallest absolute Gasteiger partial charge is 0.226 e. The number of nitrogens with one attached hydrogen (secondary N) is 2. The topological polar surface area (TPSA) is 79.5 Å². The van der Waals surface area contributed by atoms with Gasteiger partial charge in [0.05, 0.1) is 43.0 Å². The summed E-state index contributed by atoms with van der Waals surface area (Å²) in [5, 5.41) is 11.2. The largest absolute Gasteiger partial charge is 0.379 e. The Balaban J connectivity index is 1.56. The molecule has 1 aliphatic rings. The van der Waals surface area contributed by atoms with Gasteiger partial charge in [-0.2, -0.15) is 5.10 Å². The Hall–Kier alpha value is -1.96. The van der Waals surface area contributed by atoms with Crippen LogP contribution in [0.3, 0.4) is 0 Å². The van der Waals surface area contributed by atoms with Crippen LogP contribution in [0.25, 0.3) is 10.9 Å². The molecule has 1 aliphatic heterocycles. The molecule has 1 amide bonds. The summed E-state index contributed by atoms with van der Waals surface area (Å²) in [6, 6.07) is 7.66. The van der Waals surface area contributed by atoms with E-state index in [1.165, 1.54) is 0 Å². The molecule has 0 spiro atoms. The molecule has 0 aliphatic carbocycles. The van der Waals surface area contributed by atoms with E-state index in [4.69, 9.17) is 9.47 Å². The van der Waals surface area contributed by atoms with Gasteiger partial charge < -0.3 is 19.7 Å². The lowest BCUT2D eigenvalue weighted by molar-refractivity contribution is -0.125. The van der Waals surface area contributed by atoms with Crippen molar-refractivity contribution in [1.29, 1.82) is 0 Å². The molecular formula is C18H26N4O3. The average Bonchev–Trinajstić information content (AvgIpc) is 2.99. The number of aromatic amines is 1. The summed E-state index contributed by atoms with van der Waals surface area (Å²) in [5.41, 5.74) is 1.70. The number of aromatic nitrogens is 2. The number of amides is 1.